The molecule has 1 aromatic heterocycles. The molecule has 0 amide bonds. The summed E-state index contributed by atoms with van der Waals surface area (Å²) >= 11 is 1.68. The van der Waals surface area contributed by atoms with E-state index in [1.54, 1.807) is 11.5 Å². The number of piperazine rings is 1. The average Bonchev–Trinajstić information content (AvgIpc) is 3.07. The molecule has 1 aliphatic carbocycles. The van der Waals surface area contributed by atoms with Crippen molar-refractivity contribution in [3.05, 3.63) is 30.0 Å². The Labute approximate surface area is 143 Å². The minimum atomic E-state index is 0.0854. The third kappa shape index (κ3) is 2.71. The van der Waals surface area contributed by atoms with Crippen molar-refractivity contribution in [2.24, 2.45) is 5.92 Å². The number of benzene rings is 1. The lowest BCUT2D eigenvalue weighted by molar-refractivity contribution is 0.0146. The van der Waals surface area contributed by atoms with Crippen LogP contribution >= 0.6 is 11.5 Å². The minimum Gasteiger partial charge on any atom is -0.314 e. The molecule has 1 unspecified atom stereocenters. The number of nitrogens with one attached hydrogen (secondary N) is 1. The zero-order valence-corrected chi connectivity index (χ0v) is 14.9. The van der Waals surface area contributed by atoms with Gasteiger partial charge in [0, 0.05) is 31.6 Å². The molecule has 0 spiro atoms. The SMILES string of the molecule is CC(c1nsc2ccccc12)(C1CCCCC1)N1CCNCC1. The third-order valence-electron chi connectivity index (χ3n) is 6.03. The molecule has 2 fully saturated rings. The van der Waals surface area contributed by atoms with Crippen molar-refractivity contribution >= 4 is 21.6 Å². The van der Waals surface area contributed by atoms with E-state index in [4.69, 9.17) is 4.37 Å². The maximum absolute atomic E-state index is 5.00. The van der Waals surface area contributed by atoms with Crippen LogP contribution in [0.2, 0.25) is 0 Å². The number of aromatic nitrogens is 1. The third-order valence-corrected chi connectivity index (χ3v) is 6.86. The van der Waals surface area contributed by atoms with Crippen LogP contribution in [0.1, 0.15) is 44.7 Å². The van der Waals surface area contributed by atoms with Crippen LogP contribution in [0.5, 0.6) is 0 Å². The molecule has 3 nitrogen and oxygen atoms in total. The fraction of sp³-hybridized carbons (Fsp3) is 0.632. The predicted octanol–water partition coefficient (Wildman–Crippen LogP) is 4.00. The van der Waals surface area contributed by atoms with Gasteiger partial charge in [-0.1, -0.05) is 37.5 Å². The van der Waals surface area contributed by atoms with Gasteiger partial charge in [-0.15, -0.1) is 0 Å². The van der Waals surface area contributed by atoms with Crippen molar-refractivity contribution in [1.82, 2.24) is 14.6 Å². The van der Waals surface area contributed by atoms with E-state index in [2.05, 4.69) is 41.4 Å². The van der Waals surface area contributed by atoms with Gasteiger partial charge in [0.2, 0.25) is 0 Å². The molecule has 0 radical (unpaired) electrons. The van der Waals surface area contributed by atoms with Gasteiger partial charge < -0.3 is 5.32 Å². The van der Waals surface area contributed by atoms with E-state index < -0.39 is 0 Å². The van der Waals surface area contributed by atoms with Gasteiger partial charge in [-0.2, -0.15) is 4.37 Å². The zero-order valence-electron chi connectivity index (χ0n) is 14.1. The summed E-state index contributed by atoms with van der Waals surface area (Å²) in [6, 6.07) is 8.79. The van der Waals surface area contributed by atoms with Gasteiger partial charge in [-0.25, -0.2) is 0 Å². The summed E-state index contributed by atoms with van der Waals surface area (Å²) in [6.45, 7) is 6.96. The summed E-state index contributed by atoms with van der Waals surface area (Å²) in [5, 5.41) is 4.89. The highest BCUT2D eigenvalue weighted by molar-refractivity contribution is 7.13. The summed E-state index contributed by atoms with van der Waals surface area (Å²) < 4.78 is 6.33. The Balaban J connectivity index is 1.80. The Morgan fingerprint density at radius 3 is 2.65 bits per heavy atom. The van der Waals surface area contributed by atoms with Gasteiger partial charge >= 0.3 is 0 Å². The number of fused-ring (bicyclic) bond motifs is 1. The molecule has 1 saturated heterocycles. The molecule has 0 bridgehead atoms. The lowest BCUT2D eigenvalue weighted by Gasteiger charge is -2.49. The molecule has 4 heteroatoms. The van der Waals surface area contributed by atoms with Gasteiger partial charge in [0.1, 0.15) is 0 Å². The monoisotopic (exact) mass is 329 g/mol. The van der Waals surface area contributed by atoms with E-state index >= 15 is 0 Å². The predicted molar refractivity (Wildman–Crippen MR) is 98.0 cm³/mol. The van der Waals surface area contributed by atoms with Crippen molar-refractivity contribution in [1.29, 1.82) is 0 Å². The lowest BCUT2D eigenvalue weighted by atomic mass is 9.72. The van der Waals surface area contributed by atoms with Crippen LogP contribution in [-0.4, -0.2) is 35.5 Å². The van der Waals surface area contributed by atoms with Crippen molar-refractivity contribution in [3.63, 3.8) is 0 Å². The van der Waals surface area contributed by atoms with Crippen LogP contribution in [0.4, 0.5) is 0 Å². The summed E-state index contributed by atoms with van der Waals surface area (Å²) in [7, 11) is 0. The largest absolute Gasteiger partial charge is 0.314 e. The number of hydrogen-bond donors (Lipinski definition) is 1. The van der Waals surface area contributed by atoms with E-state index in [9.17, 15) is 0 Å². The highest BCUT2D eigenvalue weighted by atomic mass is 32.1. The summed E-state index contributed by atoms with van der Waals surface area (Å²) in [4.78, 5) is 2.72. The normalized spacial score (nSPS) is 23.9. The van der Waals surface area contributed by atoms with Crippen LogP contribution in [0.3, 0.4) is 0 Å². The zero-order chi connectivity index (χ0) is 15.7. The topological polar surface area (TPSA) is 28.2 Å². The Kier molecular flexibility index (Phi) is 4.39. The molecule has 1 saturated carbocycles. The lowest BCUT2D eigenvalue weighted by Crippen LogP contribution is -2.56. The van der Waals surface area contributed by atoms with Gasteiger partial charge in [0.15, 0.2) is 0 Å². The summed E-state index contributed by atoms with van der Waals surface area (Å²) in [6.07, 6.45) is 6.88. The Hall–Kier alpha value is -0.970. The van der Waals surface area contributed by atoms with E-state index in [0.29, 0.717) is 0 Å². The van der Waals surface area contributed by atoms with E-state index in [-0.39, 0.29) is 5.54 Å². The standard InChI is InChI=1S/C19H27N3S/c1-19(15-7-3-2-4-8-15,22-13-11-20-12-14-22)18-16-9-5-6-10-17(16)23-21-18/h5-6,9-10,15,20H,2-4,7-8,11-14H2,1H3. The van der Waals surface area contributed by atoms with Crippen molar-refractivity contribution in [2.45, 2.75) is 44.6 Å². The van der Waals surface area contributed by atoms with Crippen LogP contribution in [0.15, 0.2) is 24.3 Å². The molecule has 124 valence electrons. The second kappa shape index (κ2) is 6.50. The molecule has 2 aromatic rings. The second-order valence-electron chi connectivity index (χ2n) is 7.25. The van der Waals surface area contributed by atoms with Gasteiger partial charge in [0.05, 0.1) is 15.9 Å². The van der Waals surface area contributed by atoms with E-state index in [1.165, 1.54) is 47.9 Å². The second-order valence-corrected chi connectivity index (χ2v) is 8.05. The molecular weight excluding hydrogens is 302 g/mol. The van der Waals surface area contributed by atoms with Crippen molar-refractivity contribution < 1.29 is 0 Å². The molecule has 4 rings (SSSR count). The molecule has 2 heterocycles. The van der Waals surface area contributed by atoms with E-state index in [1.807, 2.05) is 0 Å². The first-order chi connectivity index (χ1) is 11.3. The molecule has 1 aromatic carbocycles. The maximum Gasteiger partial charge on any atom is 0.0823 e. The molecule has 1 aliphatic heterocycles. The summed E-state index contributed by atoms with van der Waals surface area (Å²) in [5.74, 6) is 0.736. The molecule has 23 heavy (non-hydrogen) atoms. The fourth-order valence-electron chi connectivity index (χ4n) is 4.65. The average molecular weight is 330 g/mol. The Bertz CT molecular complexity index is 635. The number of nitrogens with zero attached hydrogens (tertiary/aromatic N) is 2. The smallest absolute Gasteiger partial charge is 0.0823 e. The first-order valence-electron chi connectivity index (χ1n) is 9.11. The highest BCUT2D eigenvalue weighted by Gasteiger charge is 2.44. The number of hydrogen-bond acceptors (Lipinski definition) is 4. The molecule has 1 atom stereocenters. The van der Waals surface area contributed by atoms with Crippen LogP contribution in [0, 0.1) is 5.92 Å². The quantitative estimate of drug-likeness (QED) is 0.922. The molecular formula is C19H27N3S. The van der Waals surface area contributed by atoms with Crippen molar-refractivity contribution in [2.75, 3.05) is 26.2 Å². The van der Waals surface area contributed by atoms with Crippen LogP contribution in [-0.2, 0) is 5.54 Å². The van der Waals surface area contributed by atoms with Gasteiger partial charge in [-0.05, 0) is 43.3 Å². The first kappa shape index (κ1) is 15.6. The van der Waals surface area contributed by atoms with E-state index in [0.717, 1.165) is 32.1 Å². The van der Waals surface area contributed by atoms with Crippen LogP contribution < -0.4 is 5.32 Å². The summed E-state index contributed by atoms with van der Waals surface area (Å²) in [5.41, 5.74) is 1.43. The van der Waals surface area contributed by atoms with Crippen molar-refractivity contribution in [3.8, 4) is 0 Å². The maximum atomic E-state index is 5.00. The van der Waals surface area contributed by atoms with Gasteiger partial charge in [-0.3, -0.25) is 4.90 Å². The minimum absolute atomic E-state index is 0.0854. The number of rotatable bonds is 3. The Morgan fingerprint density at radius 1 is 1.13 bits per heavy atom. The molecule has 2 aliphatic rings. The molecule has 1 N–H and O–H groups in total. The Morgan fingerprint density at radius 2 is 1.87 bits per heavy atom. The highest BCUT2D eigenvalue weighted by Crippen LogP contribution is 2.45. The fourth-order valence-corrected chi connectivity index (χ4v) is 5.52. The van der Waals surface area contributed by atoms with Gasteiger partial charge in [0.25, 0.3) is 0 Å². The first-order valence-corrected chi connectivity index (χ1v) is 9.88. The van der Waals surface area contributed by atoms with Crippen LogP contribution in [0.25, 0.3) is 10.1 Å².